The first-order valence-corrected chi connectivity index (χ1v) is 2.46. The Morgan fingerprint density at radius 3 is 2.27 bits per heavy atom. The van der Waals surface area contributed by atoms with Crippen molar-refractivity contribution in [2.75, 3.05) is 0 Å². The van der Waals surface area contributed by atoms with Gasteiger partial charge in [0.25, 0.3) is 0 Å². The number of esters is 1. The van der Waals surface area contributed by atoms with Crippen molar-refractivity contribution in [2.24, 2.45) is 0 Å². The Bertz CT molecular complexity index is 183. The summed E-state index contributed by atoms with van der Waals surface area (Å²) in [6.07, 6.45) is -1.52. The van der Waals surface area contributed by atoms with E-state index in [0.29, 0.717) is 0 Å². The Morgan fingerprint density at radius 1 is 1.36 bits per heavy atom. The van der Waals surface area contributed by atoms with Crippen LogP contribution in [0.25, 0.3) is 0 Å². The Kier molecular flexibility index (Phi) is 3.86. The molecule has 0 saturated carbocycles. The molecule has 11 heavy (non-hydrogen) atoms. The lowest BCUT2D eigenvalue weighted by molar-refractivity contribution is -0.499. The first-order chi connectivity index (χ1) is 5.07. The van der Waals surface area contributed by atoms with Gasteiger partial charge in [-0.3, -0.25) is 0 Å². The van der Waals surface area contributed by atoms with Gasteiger partial charge in [-0.1, -0.05) is 6.58 Å². The molecular formula is C5H5O6. The molecule has 0 aromatic heterocycles. The van der Waals surface area contributed by atoms with E-state index in [9.17, 15) is 9.59 Å². The maximum absolute atomic E-state index is 10.4. The summed E-state index contributed by atoms with van der Waals surface area (Å²) in [5.41, 5.74) is 0.00727. The van der Waals surface area contributed by atoms with Crippen molar-refractivity contribution < 1.29 is 29.5 Å². The van der Waals surface area contributed by atoms with Crippen LogP contribution < -0.4 is 0 Å². The Balaban J connectivity index is 3.76. The van der Waals surface area contributed by atoms with E-state index in [1.165, 1.54) is 6.92 Å². The summed E-state index contributed by atoms with van der Waals surface area (Å²) in [4.78, 5) is 23.9. The molecule has 0 rings (SSSR count). The van der Waals surface area contributed by atoms with Gasteiger partial charge in [-0.25, -0.2) is 14.5 Å². The quantitative estimate of drug-likeness (QED) is 0.194. The minimum Gasteiger partial charge on any atom is -0.355 e. The number of ether oxygens (including phenoxy) is 1. The van der Waals surface area contributed by atoms with Crippen molar-refractivity contribution >= 4 is 12.1 Å². The highest BCUT2D eigenvalue weighted by Crippen LogP contribution is 1.94. The van der Waals surface area contributed by atoms with Crippen LogP contribution in [0, 0.1) is 0 Å². The van der Waals surface area contributed by atoms with Crippen LogP contribution in [0.5, 0.6) is 0 Å². The smallest absolute Gasteiger partial charge is 0.355 e. The third-order valence-electron chi connectivity index (χ3n) is 0.627. The van der Waals surface area contributed by atoms with E-state index in [1.54, 1.807) is 0 Å². The minimum absolute atomic E-state index is 0.00727. The summed E-state index contributed by atoms with van der Waals surface area (Å²) >= 11 is 0. The first kappa shape index (κ1) is 9.60. The molecule has 0 spiro atoms. The van der Waals surface area contributed by atoms with Gasteiger partial charge in [-0.2, -0.15) is 0 Å². The maximum Gasteiger partial charge on any atom is 0.550 e. The van der Waals surface area contributed by atoms with Gasteiger partial charge in [0, 0.05) is 15.9 Å². The van der Waals surface area contributed by atoms with Gasteiger partial charge < -0.3 is 4.74 Å². The molecule has 61 valence electrons. The van der Waals surface area contributed by atoms with E-state index in [1.807, 2.05) is 0 Å². The molecular weight excluding hydrogens is 156 g/mol. The van der Waals surface area contributed by atoms with E-state index in [4.69, 9.17) is 5.26 Å². The highest BCUT2D eigenvalue weighted by molar-refractivity contribution is 5.93. The standard InChI is InChI=1S/C5H5O6/c1-3(2)4(6)9-5(7)10-11-8/h1H2,2H3. The lowest BCUT2D eigenvalue weighted by atomic mass is 10.4. The second-order valence-electron chi connectivity index (χ2n) is 1.57. The van der Waals surface area contributed by atoms with Gasteiger partial charge in [-0.15, -0.1) is 0 Å². The summed E-state index contributed by atoms with van der Waals surface area (Å²) in [7, 11) is 0. The molecule has 0 aliphatic carbocycles. The lowest BCUT2D eigenvalue weighted by Crippen LogP contribution is -2.13. The topological polar surface area (TPSA) is 81.7 Å². The van der Waals surface area contributed by atoms with Gasteiger partial charge >= 0.3 is 12.1 Å². The third kappa shape index (κ3) is 4.06. The van der Waals surface area contributed by atoms with Crippen LogP contribution in [0.3, 0.4) is 0 Å². The van der Waals surface area contributed by atoms with Crippen LogP contribution in [-0.2, 0) is 24.7 Å². The normalized spacial score (nSPS) is 8.55. The number of carbonyl (C=O) groups excluding carboxylic acids is 2. The summed E-state index contributed by atoms with van der Waals surface area (Å²) in [5, 5.41) is 11.8. The largest absolute Gasteiger partial charge is 0.550 e. The molecule has 0 unspecified atom stereocenters. The maximum atomic E-state index is 10.4. The lowest BCUT2D eigenvalue weighted by Gasteiger charge is -1.96. The molecule has 0 atom stereocenters. The van der Waals surface area contributed by atoms with Crippen molar-refractivity contribution in [1.82, 2.24) is 0 Å². The predicted octanol–water partition coefficient (Wildman–Crippen LogP) is 0.519. The van der Waals surface area contributed by atoms with Crippen molar-refractivity contribution in [2.45, 2.75) is 6.92 Å². The fourth-order valence-corrected chi connectivity index (χ4v) is 0.208. The highest BCUT2D eigenvalue weighted by atomic mass is 17.5. The van der Waals surface area contributed by atoms with E-state index in [-0.39, 0.29) is 5.57 Å². The molecule has 6 nitrogen and oxygen atoms in total. The van der Waals surface area contributed by atoms with E-state index >= 15 is 0 Å². The van der Waals surface area contributed by atoms with Crippen LogP contribution in [0.1, 0.15) is 6.92 Å². The fourth-order valence-electron chi connectivity index (χ4n) is 0.208. The summed E-state index contributed by atoms with van der Waals surface area (Å²) in [6.45, 7) is 4.49. The molecule has 0 bridgehead atoms. The minimum atomic E-state index is -1.52. The van der Waals surface area contributed by atoms with Crippen LogP contribution >= 0.6 is 0 Å². The predicted molar refractivity (Wildman–Crippen MR) is 29.2 cm³/mol. The van der Waals surface area contributed by atoms with Crippen molar-refractivity contribution in [3.8, 4) is 0 Å². The molecule has 1 radical (unpaired) electrons. The van der Waals surface area contributed by atoms with E-state index < -0.39 is 12.1 Å². The second-order valence-corrected chi connectivity index (χ2v) is 1.57. The number of rotatable bonds is 2. The van der Waals surface area contributed by atoms with Crippen molar-refractivity contribution in [3.05, 3.63) is 12.2 Å². The molecule has 0 N–H and O–H groups in total. The van der Waals surface area contributed by atoms with E-state index in [0.717, 1.165) is 0 Å². The number of hydrogen-bond acceptors (Lipinski definition) is 5. The summed E-state index contributed by atoms with van der Waals surface area (Å²) in [5.74, 6) is -0.980. The highest BCUT2D eigenvalue weighted by Gasteiger charge is 2.12. The molecule has 0 aromatic rings. The molecule has 0 aliphatic heterocycles. The van der Waals surface area contributed by atoms with E-state index in [2.05, 4.69) is 21.2 Å². The Hall–Kier alpha value is -1.40. The average Bonchev–Trinajstić information content (AvgIpc) is 1.87. The van der Waals surface area contributed by atoms with Crippen molar-refractivity contribution in [3.63, 3.8) is 0 Å². The summed E-state index contributed by atoms with van der Waals surface area (Å²) in [6, 6.07) is 0. The van der Waals surface area contributed by atoms with Crippen molar-refractivity contribution in [1.29, 1.82) is 0 Å². The van der Waals surface area contributed by atoms with Gasteiger partial charge in [0.2, 0.25) is 0 Å². The monoisotopic (exact) mass is 161 g/mol. The van der Waals surface area contributed by atoms with Crippen LogP contribution in [0.2, 0.25) is 0 Å². The fraction of sp³-hybridized carbons (Fsp3) is 0.200. The zero-order chi connectivity index (χ0) is 8.85. The molecule has 0 aliphatic rings. The van der Waals surface area contributed by atoms with Gasteiger partial charge in [-0.05, 0) is 6.92 Å². The molecule has 0 fully saturated rings. The third-order valence-corrected chi connectivity index (χ3v) is 0.627. The summed E-state index contributed by atoms with van der Waals surface area (Å²) < 4.78 is 3.83. The Morgan fingerprint density at radius 2 is 1.91 bits per heavy atom. The number of hydrogen-bond donors (Lipinski definition) is 0. The first-order valence-electron chi connectivity index (χ1n) is 2.46. The number of carbonyl (C=O) groups is 2. The van der Waals surface area contributed by atoms with Crippen LogP contribution in [0.15, 0.2) is 12.2 Å². The zero-order valence-electron chi connectivity index (χ0n) is 5.66. The molecule has 0 amide bonds. The average molecular weight is 161 g/mol. The molecule has 0 heterocycles. The molecule has 6 heteroatoms. The SMILES string of the molecule is C=C(C)C(=O)OC(=O)OO[O]. The Labute approximate surface area is 61.8 Å². The van der Waals surface area contributed by atoms with Gasteiger partial charge in [0.05, 0.1) is 0 Å². The van der Waals surface area contributed by atoms with Crippen LogP contribution in [-0.4, -0.2) is 12.1 Å². The molecule has 0 saturated heterocycles. The van der Waals surface area contributed by atoms with Gasteiger partial charge in [0.1, 0.15) is 0 Å². The second kappa shape index (κ2) is 4.42. The molecule has 0 aromatic carbocycles. The van der Waals surface area contributed by atoms with Gasteiger partial charge in [0.15, 0.2) is 0 Å². The van der Waals surface area contributed by atoms with Crippen LogP contribution in [0.4, 0.5) is 4.79 Å². The zero-order valence-corrected chi connectivity index (χ0v) is 5.66.